The first kappa shape index (κ1) is 9.38. The first-order chi connectivity index (χ1) is 6.26. The number of carboxylic acid groups (broad SMARTS) is 1. The van der Waals surface area contributed by atoms with Crippen molar-refractivity contribution in [3.8, 4) is 0 Å². The summed E-state index contributed by atoms with van der Waals surface area (Å²) in [7, 11) is 0. The van der Waals surface area contributed by atoms with E-state index in [9.17, 15) is 9.90 Å². The molecule has 0 amide bonds. The number of hydrogen-bond acceptors (Lipinski definition) is 2. The fourth-order valence-corrected chi connectivity index (χ4v) is 4.26. The van der Waals surface area contributed by atoms with E-state index in [2.05, 4.69) is 0 Å². The van der Waals surface area contributed by atoms with Crippen molar-refractivity contribution in [2.75, 3.05) is 5.75 Å². The molecule has 1 atom stereocenters. The van der Waals surface area contributed by atoms with Crippen LogP contribution in [-0.4, -0.2) is 21.6 Å². The molecule has 2 aliphatic rings. The molecule has 1 aliphatic carbocycles. The molecule has 1 saturated heterocycles. The molecule has 0 spiro atoms. The van der Waals surface area contributed by atoms with Crippen molar-refractivity contribution < 1.29 is 9.90 Å². The molecule has 0 aromatic rings. The van der Waals surface area contributed by atoms with Crippen LogP contribution in [-0.2, 0) is 4.79 Å². The zero-order chi connectivity index (χ0) is 9.31. The predicted molar refractivity (Wildman–Crippen MR) is 54.0 cm³/mol. The quantitative estimate of drug-likeness (QED) is 0.744. The second-order valence-corrected chi connectivity index (χ2v) is 5.55. The van der Waals surface area contributed by atoms with Gasteiger partial charge in [0.1, 0.15) is 4.75 Å². The SMILES string of the molecule is O=C(O)C1(C2CCCC2)CCCS1. The lowest BCUT2D eigenvalue weighted by atomic mass is 9.86. The summed E-state index contributed by atoms with van der Waals surface area (Å²) < 4.78 is -0.392. The van der Waals surface area contributed by atoms with Gasteiger partial charge in [-0.1, -0.05) is 12.8 Å². The van der Waals surface area contributed by atoms with Gasteiger partial charge in [0.05, 0.1) is 0 Å². The average Bonchev–Trinajstić information content (AvgIpc) is 2.75. The summed E-state index contributed by atoms with van der Waals surface area (Å²) in [5, 5.41) is 9.30. The summed E-state index contributed by atoms with van der Waals surface area (Å²) >= 11 is 1.70. The van der Waals surface area contributed by atoms with Gasteiger partial charge >= 0.3 is 5.97 Å². The Balaban J connectivity index is 2.16. The molecule has 1 heterocycles. The topological polar surface area (TPSA) is 37.3 Å². The second-order valence-electron chi connectivity index (χ2n) is 4.13. The van der Waals surface area contributed by atoms with Crippen LogP contribution in [0, 0.1) is 5.92 Å². The maximum atomic E-state index is 11.3. The van der Waals surface area contributed by atoms with Gasteiger partial charge < -0.3 is 5.11 Å². The zero-order valence-electron chi connectivity index (χ0n) is 7.79. The van der Waals surface area contributed by atoms with Gasteiger partial charge in [0.2, 0.25) is 0 Å². The van der Waals surface area contributed by atoms with Crippen molar-refractivity contribution in [3.05, 3.63) is 0 Å². The van der Waals surface area contributed by atoms with E-state index in [4.69, 9.17) is 0 Å². The smallest absolute Gasteiger partial charge is 0.320 e. The van der Waals surface area contributed by atoms with Crippen molar-refractivity contribution in [2.24, 2.45) is 5.92 Å². The van der Waals surface area contributed by atoms with Gasteiger partial charge in [-0.05, 0) is 37.4 Å². The number of aliphatic carboxylic acids is 1. The summed E-state index contributed by atoms with van der Waals surface area (Å²) in [6, 6.07) is 0. The third-order valence-corrected chi connectivity index (χ3v) is 5.15. The van der Waals surface area contributed by atoms with Gasteiger partial charge in [0.25, 0.3) is 0 Å². The van der Waals surface area contributed by atoms with Gasteiger partial charge in [-0.3, -0.25) is 4.79 Å². The first-order valence-corrected chi connectivity index (χ1v) is 6.11. The van der Waals surface area contributed by atoms with E-state index < -0.39 is 10.7 Å². The van der Waals surface area contributed by atoms with Crippen LogP contribution < -0.4 is 0 Å². The maximum Gasteiger partial charge on any atom is 0.320 e. The zero-order valence-corrected chi connectivity index (χ0v) is 8.61. The Morgan fingerprint density at radius 2 is 2.00 bits per heavy atom. The Kier molecular flexibility index (Phi) is 2.54. The van der Waals surface area contributed by atoms with E-state index in [0.29, 0.717) is 5.92 Å². The van der Waals surface area contributed by atoms with E-state index in [1.807, 2.05) is 0 Å². The fraction of sp³-hybridized carbons (Fsp3) is 0.900. The minimum atomic E-state index is -0.554. The summed E-state index contributed by atoms with van der Waals surface area (Å²) in [4.78, 5) is 11.3. The number of hydrogen-bond donors (Lipinski definition) is 1. The lowest BCUT2D eigenvalue weighted by Gasteiger charge is -2.29. The second kappa shape index (κ2) is 3.52. The number of thioether (sulfide) groups is 1. The monoisotopic (exact) mass is 200 g/mol. The first-order valence-electron chi connectivity index (χ1n) is 5.13. The highest BCUT2D eigenvalue weighted by Crippen LogP contribution is 2.49. The summed E-state index contributed by atoms with van der Waals surface area (Å²) in [5.74, 6) is 0.947. The summed E-state index contributed by atoms with van der Waals surface area (Å²) in [6.07, 6.45) is 6.74. The van der Waals surface area contributed by atoms with Crippen LogP contribution in [0.1, 0.15) is 38.5 Å². The molecular weight excluding hydrogens is 184 g/mol. The molecule has 0 aromatic carbocycles. The molecule has 74 valence electrons. The van der Waals surface area contributed by atoms with E-state index in [1.54, 1.807) is 11.8 Å². The molecule has 2 nitrogen and oxygen atoms in total. The molecule has 1 unspecified atom stereocenters. The van der Waals surface area contributed by atoms with E-state index in [0.717, 1.165) is 31.4 Å². The number of rotatable bonds is 2. The lowest BCUT2D eigenvalue weighted by molar-refractivity contribution is -0.141. The largest absolute Gasteiger partial charge is 0.480 e. The van der Waals surface area contributed by atoms with Crippen LogP contribution >= 0.6 is 11.8 Å². The minimum Gasteiger partial charge on any atom is -0.480 e. The standard InChI is InChI=1S/C10H16O2S/c11-9(12)10(6-3-7-13-10)8-4-1-2-5-8/h8H,1-7H2,(H,11,12). The molecule has 2 rings (SSSR count). The maximum absolute atomic E-state index is 11.3. The van der Waals surface area contributed by atoms with E-state index >= 15 is 0 Å². The van der Waals surface area contributed by atoms with Gasteiger partial charge in [-0.25, -0.2) is 0 Å². The van der Waals surface area contributed by atoms with Crippen molar-refractivity contribution >= 4 is 17.7 Å². The van der Waals surface area contributed by atoms with Crippen LogP contribution in [0.25, 0.3) is 0 Å². The van der Waals surface area contributed by atoms with Gasteiger partial charge in [0.15, 0.2) is 0 Å². The van der Waals surface area contributed by atoms with E-state index in [1.165, 1.54) is 12.8 Å². The molecule has 0 aromatic heterocycles. The van der Waals surface area contributed by atoms with E-state index in [-0.39, 0.29) is 0 Å². The van der Waals surface area contributed by atoms with Crippen LogP contribution in [0.4, 0.5) is 0 Å². The van der Waals surface area contributed by atoms with Crippen LogP contribution in [0.5, 0.6) is 0 Å². The number of carbonyl (C=O) groups is 1. The Bertz CT molecular complexity index is 203. The Labute approximate surface area is 83.1 Å². The molecule has 1 N–H and O–H groups in total. The summed E-state index contributed by atoms with van der Waals surface area (Å²) in [5.41, 5.74) is 0. The molecular formula is C10H16O2S. The Morgan fingerprint density at radius 1 is 1.31 bits per heavy atom. The lowest BCUT2D eigenvalue weighted by Crippen LogP contribution is -2.39. The molecule has 13 heavy (non-hydrogen) atoms. The van der Waals surface area contributed by atoms with Gasteiger partial charge in [-0.15, -0.1) is 11.8 Å². The predicted octanol–water partition coefficient (Wildman–Crippen LogP) is 2.53. The molecule has 1 aliphatic heterocycles. The highest BCUT2D eigenvalue weighted by Gasteiger charge is 2.49. The highest BCUT2D eigenvalue weighted by molar-refractivity contribution is 8.01. The fourth-order valence-electron chi connectivity index (χ4n) is 2.72. The highest BCUT2D eigenvalue weighted by atomic mass is 32.2. The summed E-state index contributed by atoms with van der Waals surface area (Å²) in [6.45, 7) is 0. The van der Waals surface area contributed by atoms with Gasteiger partial charge in [-0.2, -0.15) is 0 Å². The van der Waals surface area contributed by atoms with Crippen molar-refractivity contribution in [2.45, 2.75) is 43.3 Å². The van der Waals surface area contributed by atoms with Crippen LogP contribution in [0.3, 0.4) is 0 Å². The normalized spacial score (nSPS) is 35.4. The molecule has 0 radical (unpaired) electrons. The minimum absolute atomic E-state index is 0.392. The van der Waals surface area contributed by atoms with Crippen LogP contribution in [0.2, 0.25) is 0 Å². The van der Waals surface area contributed by atoms with Crippen LogP contribution in [0.15, 0.2) is 0 Å². The Hall–Kier alpha value is -0.180. The Morgan fingerprint density at radius 3 is 2.46 bits per heavy atom. The number of carboxylic acids is 1. The van der Waals surface area contributed by atoms with Crippen molar-refractivity contribution in [3.63, 3.8) is 0 Å². The molecule has 2 fully saturated rings. The molecule has 1 saturated carbocycles. The van der Waals surface area contributed by atoms with Gasteiger partial charge in [0, 0.05) is 0 Å². The van der Waals surface area contributed by atoms with Crippen molar-refractivity contribution in [1.82, 2.24) is 0 Å². The molecule has 3 heteroatoms. The third-order valence-electron chi connectivity index (χ3n) is 3.43. The third kappa shape index (κ3) is 1.47. The van der Waals surface area contributed by atoms with Crippen molar-refractivity contribution in [1.29, 1.82) is 0 Å². The molecule has 0 bridgehead atoms. The average molecular weight is 200 g/mol.